The number of nitrogens with zero attached hydrogens (tertiary/aromatic N) is 2. The van der Waals surface area contributed by atoms with Crippen LogP contribution in [0.2, 0.25) is 0 Å². The molecule has 1 saturated heterocycles. The fraction of sp³-hybridized carbons (Fsp3) is 0.333. The first-order valence-electron chi connectivity index (χ1n) is 10.3. The number of nitrogens with one attached hydrogen (secondary N) is 1. The number of H-pyrrole nitrogens is 1. The summed E-state index contributed by atoms with van der Waals surface area (Å²) in [6, 6.07) is 12.0. The second-order valence-corrected chi connectivity index (χ2v) is 8.13. The normalized spacial score (nSPS) is 13.8. The Hall–Kier alpha value is -3.15. The van der Waals surface area contributed by atoms with Gasteiger partial charge in [-0.15, -0.1) is 0 Å². The van der Waals surface area contributed by atoms with Crippen LogP contribution in [0.25, 0.3) is 10.9 Å². The largest absolute Gasteiger partial charge is 0.325 e. The van der Waals surface area contributed by atoms with E-state index in [2.05, 4.69) is 4.98 Å². The Morgan fingerprint density at radius 3 is 2.47 bits per heavy atom. The summed E-state index contributed by atoms with van der Waals surface area (Å²) in [6.45, 7) is 5.97. The SMILES string of the molecule is Cc1cc(C)c2[nH]c(=O)c(CN(Cc3ccc(F)cc3)C(=O)N3CCCC3)cc2c1. The van der Waals surface area contributed by atoms with Crippen LogP contribution >= 0.6 is 0 Å². The Morgan fingerprint density at radius 2 is 1.77 bits per heavy atom. The number of halogens is 1. The maximum Gasteiger partial charge on any atom is 0.320 e. The van der Waals surface area contributed by atoms with Gasteiger partial charge in [-0.25, -0.2) is 9.18 Å². The van der Waals surface area contributed by atoms with Crippen LogP contribution in [0.4, 0.5) is 9.18 Å². The number of carbonyl (C=O) groups excluding carboxylic acids is 1. The molecule has 1 aromatic heterocycles. The number of fused-ring (bicyclic) bond motifs is 1. The number of hydrogen-bond acceptors (Lipinski definition) is 2. The Bertz CT molecular complexity index is 1130. The molecule has 1 aliphatic rings. The first kappa shape index (κ1) is 20.1. The molecule has 1 fully saturated rings. The summed E-state index contributed by atoms with van der Waals surface area (Å²) < 4.78 is 13.3. The van der Waals surface area contributed by atoms with Gasteiger partial charge in [0.25, 0.3) is 5.56 Å². The zero-order chi connectivity index (χ0) is 21.3. The van der Waals surface area contributed by atoms with E-state index in [0.717, 1.165) is 53.5 Å². The summed E-state index contributed by atoms with van der Waals surface area (Å²) in [5.41, 5.74) is 4.15. The molecule has 30 heavy (non-hydrogen) atoms. The fourth-order valence-electron chi connectivity index (χ4n) is 4.16. The topological polar surface area (TPSA) is 56.4 Å². The van der Waals surface area contributed by atoms with E-state index in [1.807, 2.05) is 36.9 Å². The number of aromatic amines is 1. The lowest BCUT2D eigenvalue weighted by atomic mass is 10.0. The van der Waals surface area contributed by atoms with Crippen molar-refractivity contribution < 1.29 is 9.18 Å². The number of aryl methyl sites for hydroxylation is 2. The molecule has 0 unspecified atom stereocenters. The van der Waals surface area contributed by atoms with E-state index in [4.69, 9.17) is 0 Å². The van der Waals surface area contributed by atoms with Gasteiger partial charge < -0.3 is 14.8 Å². The Labute approximate surface area is 175 Å². The van der Waals surface area contributed by atoms with E-state index in [-0.39, 0.29) is 24.0 Å². The standard InChI is InChI=1S/C24H26FN3O2/c1-16-11-17(2)22-19(12-16)13-20(23(29)26-22)15-28(24(30)27-9-3-4-10-27)14-18-5-7-21(25)8-6-18/h5-8,11-13H,3-4,9-10,14-15H2,1-2H3,(H,26,29). The molecule has 3 aromatic rings. The van der Waals surface area contributed by atoms with Gasteiger partial charge in [0.2, 0.25) is 0 Å². The quantitative estimate of drug-likeness (QED) is 0.692. The predicted molar refractivity (Wildman–Crippen MR) is 116 cm³/mol. The monoisotopic (exact) mass is 407 g/mol. The number of benzene rings is 2. The highest BCUT2D eigenvalue weighted by Gasteiger charge is 2.25. The molecular weight excluding hydrogens is 381 g/mol. The zero-order valence-electron chi connectivity index (χ0n) is 17.4. The Kier molecular flexibility index (Phi) is 5.57. The summed E-state index contributed by atoms with van der Waals surface area (Å²) in [5.74, 6) is -0.312. The summed E-state index contributed by atoms with van der Waals surface area (Å²) >= 11 is 0. The molecule has 4 rings (SSSR count). The van der Waals surface area contributed by atoms with Gasteiger partial charge in [0.05, 0.1) is 12.1 Å². The van der Waals surface area contributed by atoms with E-state index in [0.29, 0.717) is 12.1 Å². The van der Waals surface area contributed by atoms with Gasteiger partial charge in [-0.05, 0) is 67.5 Å². The molecule has 0 spiro atoms. The Morgan fingerprint density at radius 1 is 1.07 bits per heavy atom. The number of aromatic nitrogens is 1. The lowest BCUT2D eigenvalue weighted by Crippen LogP contribution is -2.41. The van der Waals surface area contributed by atoms with Crippen LogP contribution in [0.3, 0.4) is 0 Å². The molecule has 2 amide bonds. The first-order valence-corrected chi connectivity index (χ1v) is 10.3. The number of urea groups is 1. The molecule has 2 heterocycles. The molecule has 5 nitrogen and oxygen atoms in total. The first-order chi connectivity index (χ1) is 14.4. The minimum absolute atomic E-state index is 0.0863. The molecule has 6 heteroatoms. The lowest BCUT2D eigenvalue weighted by Gasteiger charge is -2.28. The lowest BCUT2D eigenvalue weighted by molar-refractivity contribution is 0.156. The number of hydrogen-bond donors (Lipinski definition) is 1. The van der Waals surface area contributed by atoms with Crippen molar-refractivity contribution >= 4 is 16.9 Å². The average Bonchev–Trinajstić information content (AvgIpc) is 3.24. The average molecular weight is 407 g/mol. The van der Waals surface area contributed by atoms with Crippen molar-refractivity contribution in [2.75, 3.05) is 13.1 Å². The minimum Gasteiger partial charge on any atom is -0.325 e. The van der Waals surface area contributed by atoms with Crippen molar-refractivity contribution in [2.24, 2.45) is 0 Å². The molecule has 0 atom stereocenters. The van der Waals surface area contributed by atoms with Crippen molar-refractivity contribution in [3.05, 3.63) is 80.9 Å². The van der Waals surface area contributed by atoms with Gasteiger partial charge in [0.15, 0.2) is 0 Å². The number of amides is 2. The van der Waals surface area contributed by atoms with E-state index < -0.39 is 0 Å². The summed E-state index contributed by atoms with van der Waals surface area (Å²) in [6.07, 6.45) is 1.98. The smallest absolute Gasteiger partial charge is 0.320 e. The van der Waals surface area contributed by atoms with E-state index in [1.54, 1.807) is 17.0 Å². The van der Waals surface area contributed by atoms with Gasteiger partial charge in [0.1, 0.15) is 5.82 Å². The number of pyridine rings is 1. The van der Waals surface area contributed by atoms with E-state index in [1.165, 1.54) is 12.1 Å². The second kappa shape index (κ2) is 8.30. The van der Waals surface area contributed by atoms with Gasteiger partial charge in [-0.2, -0.15) is 0 Å². The van der Waals surface area contributed by atoms with Gasteiger partial charge in [0, 0.05) is 25.2 Å². The minimum atomic E-state index is -0.312. The van der Waals surface area contributed by atoms with Crippen LogP contribution in [0.5, 0.6) is 0 Å². The van der Waals surface area contributed by atoms with Crippen molar-refractivity contribution in [1.82, 2.24) is 14.8 Å². The molecule has 0 saturated carbocycles. The Balaban J connectivity index is 1.68. The van der Waals surface area contributed by atoms with Crippen LogP contribution in [0.1, 0.15) is 35.1 Å². The molecule has 1 aliphatic heterocycles. The van der Waals surface area contributed by atoms with Gasteiger partial charge in [-0.3, -0.25) is 4.79 Å². The van der Waals surface area contributed by atoms with Crippen LogP contribution in [0.15, 0.2) is 47.3 Å². The molecule has 156 valence electrons. The number of rotatable bonds is 4. The zero-order valence-corrected chi connectivity index (χ0v) is 17.4. The number of likely N-dealkylation sites (tertiary alicyclic amines) is 1. The summed E-state index contributed by atoms with van der Waals surface area (Å²) in [7, 11) is 0. The fourth-order valence-corrected chi connectivity index (χ4v) is 4.16. The maximum atomic E-state index is 13.3. The van der Waals surface area contributed by atoms with E-state index in [9.17, 15) is 14.0 Å². The molecule has 0 radical (unpaired) electrons. The van der Waals surface area contributed by atoms with Crippen molar-refractivity contribution in [3.8, 4) is 0 Å². The highest BCUT2D eigenvalue weighted by atomic mass is 19.1. The third kappa shape index (κ3) is 4.22. The predicted octanol–water partition coefficient (Wildman–Crippen LogP) is 4.50. The van der Waals surface area contributed by atoms with Crippen LogP contribution in [0, 0.1) is 19.7 Å². The highest BCUT2D eigenvalue weighted by Crippen LogP contribution is 2.20. The van der Waals surface area contributed by atoms with Crippen LogP contribution in [-0.4, -0.2) is 33.9 Å². The molecule has 0 bridgehead atoms. The molecule has 2 aromatic carbocycles. The highest BCUT2D eigenvalue weighted by molar-refractivity contribution is 5.83. The van der Waals surface area contributed by atoms with Crippen LogP contribution < -0.4 is 5.56 Å². The molecular formula is C24H26FN3O2. The molecule has 0 aliphatic carbocycles. The van der Waals surface area contributed by atoms with Crippen molar-refractivity contribution in [2.45, 2.75) is 39.8 Å². The summed E-state index contributed by atoms with van der Waals surface area (Å²) in [5, 5.41) is 0.956. The van der Waals surface area contributed by atoms with Gasteiger partial charge >= 0.3 is 6.03 Å². The van der Waals surface area contributed by atoms with Gasteiger partial charge in [-0.1, -0.05) is 23.8 Å². The van der Waals surface area contributed by atoms with Crippen LogP contribution in [-0.2, 0) is 13.1 Å². The molecule has 1 N–H and O–H groups in total. The third-order valence-corrected chi connectivity index (χ3v) is 5.67. The maximum absolute atomic E-state index is 13.3. The second-order valence-electron chi connectivity index (χ2n) is 8.13. The number of carbonyl (C=O) groups is 1. The van der Waals surface area contributed by atoms with Crippen molar-refractivity contribution in [3.63, 3.8) is 0 Å². The summed E-state index contributed by atoms with van der Waals surface area (Å²) in [4.78, 5) is 32.4. The van der Waals surface area contributed by atoms with E-state index >= 15 is 0 Å². The van der Waals surface area contributed by atoms with Crippen molar-refractivity contribution in [1.29, 1.82) is 0 Å². The third-order valence-electron chi connectivity index (χ3n) is 5.67.